The maximum absolute atomic E-state index is 12.1. The van der Waals surface area contributed by atoms with E-state index >= 15 is 0 Å². The van der Waals surface area contributed by atoms with Gasteiger partial charge in [-0.2, -0.15) is 0 Å². The summed E-state index contributed by atoms with van der Waals surface area (Å²) in [7, 11) is 1.63. The van der Waals surface area contributed by atoms with E-state index in [0.29, 0.717) is 0 Å². The quantitative estimate of drug-likeness (QED) is 0.614. The Kier molecular flexibility index (Phi) is 5.87. The molecule has 1 amide bonds. The third-order valence-corrected chi connectivity index (χ3v) is 4.18. The predicted molar refractivity (Wildman–Crippen MR) is 109 cm³/mol. The van der Waals surface area contributed by atoms with Crippen LogP contribution in [0, 0.1) is 0 Å². The average Bonchev–Trinajstić information content (AvgIpc) is 2.73. The topological polar surface area (TPSA) is 75.6 Å². The van der Waals surface area contributed by atoms with Gasteiger partial charge in [0.25, 0.3) is 0 Å². The summed E-state index contributed by atoms with van der Waals surface area (Å²) >= 11 is 0. The van der Waals surface area contributed by atoms with Crippen molar-refractivity contribution in [3.8, 4) is 16.9 Å². The smallest absolute Gasteiger partial charge is 0.337 e. The second kappa shape index (κ2) is 8.68. The van der Waals surface area contributed by atoms with E-state index in [1.54, 1.807) is 31.4 Å². The Morgan fingerprint density at radius 2 is 1.50 bits per heavy atom. The molecule has 3 aromatic carbocycles. The highest BCUT2D eigenvalue weighted by molar-refractivity contribution is 6.06. The van der Waals surface area contributed by atoms with Crippen molar-refractivity contribution in [2.75, 3.05) is 12.4 Å². The predicted octanol–water partition coefficient (Wildman–Crippen LogP) is 4.71. The van der Waals surface area contributed by atoms with Crippen molar-refractivity contribution in [1.82, 2.24) is 0 Å². The Morgan fingerprint density at radius 1 is 0.893 bits per heavy atom. The molecule has 0 aliphatic carbocycles. The molecule has 0 saturated carbocycles. The minimum atomic E-state index is -1.09. The third-order valence-electron chi connectivity index (χ3n) is 4.18. The number of hydrogen-bond donors (Lipinski definition) is 2. The van der Waals surface area contributed by atoms with Gasteiger partial charge in [0.1, 0.15) is 5.75 Å². The minimum Gasteiger partial charge on any atom is -0.497 e. The number of nitrogens with one attached hydrogen (secondary N) is 1. The number of ether oxygens (including phenoxy) is 1. The Hall–Kier alpha value is -3.86. The molecule has 0 atom stereocenters. The molecule has 5 heteroatoms. The molecule has 0 heterocycles. The van der Waals surface area contributed by atoms with E-state index < -0.39 is 11.9 Å². The van der Waals surface area contributed by atoms with E-state index in [1.165, 1.54) is 12.1 Å². The lowest BCUT2D eigenvalue weighted by Gasteiger charge is -2.06. The summed E-state index contributed by atoms with van der Waals surface area (Å²) < 4.78 is 5.16. The van der Waals surface area contributed by atoms with Crippen molar-refractivity contribution in [3.63, 3.8) is 0 Å². The van der Waals surface area contributed by atoms with E-state index in [9.17, 15) is 9.59 Å². The second-order valence-electron chi connectivity index (χ2n) is 6.02. The van der Waals surface area contributed by atoms with Gasteiger partial charge in [-0.25, -0.2) is 4.79 Å². The molecule has 0 bridgehead atoms. The molecule has 0 spiro atoms. The largest absolute Gasteiger partial charge is 0.497 e. The van der Waals surface area contributed by atoms with Crippen LogP contribution in [0.5, 0.6) is 5.75 Å². The van der Waals surface area contributed by atoms with Crippen LogP contribution in [0.4, 0.5) is 5.69 Å². The number of hydrogen-bond acceptors (Lipinski definition) is 3. The van der Waals surface area contributed by atoms with Crippen molar-refractivity contribution in [2.24, 2.45) is 0 Å². The molecule has 0 aromatic heterocycles. The highest BCUT2D eigenvalue weighted by Gasteiger charge is 2.10. The number of para-hydroxylation sites is 1. The van der Waals surface area contributed by atoms with Gasteiger partial charge in [-0.3, -0.25) is 4.79 Å². The van der Waals surface area contributed by atoms with Gasteiger partial charge in [-0.1, -0.05) is 48.5 Å². The summed E-state index contributed by atoms with van der Waals surface area (Å²) in [5.74, 6) is -0.680. The molecule has 0 aliphatic heterocycles. The van der Waals surface area contributed by atoms with Gasteiger partial charge in [0.15, 0.2) is 0 Å². The van der Waals surface area contributed by atoms with Crippen LogP contribution in [0.25, 0.3) is 17.2 Å². The highest BCUT2D eigenvalue weighted by atomic mass is 16.5. The summed E-state index contributed by atoms with van der Waals surface area (Å²) in [6.07, 6.45) is 3.05. The van der Waals surface area contributed by atoms with Gasteiger partial charge >= 0.3 is 5.97 Å². The fourth-order valence-corrected chi connectivity index (χ4v) is 2.70. The molecule has 0 radical (unpaired) electrons. The van der Waals surface area contributed by atoms with Gasteiger partial charge in [-0.15, -0.1) is 0 Å². The fraction of sp³-hybridized carbons (Fsp3) is 0.0435. The number of methoxy groups -OCH3 is 1. The molecule has 0 unspecified atom stereocenters. The van der Waals surface area contributed by atoms with E-state index in [0.717, 1.165) is 22.4 Å². The third kappa shape index (κ3) is 4.65. The lowest BCUT2D eigenvalue weighted by atomic mass is 10.0. The lowest BCUT2D eigenvalue weighted by molar-refractivity contribution is -0.111. The van der Waals surface area contributed by atoms with E-state index in [-0.39, 0.29) is 11.3 Å². The van der Waals surface area contributed by atoms with E-state index in [4.69, 9.17) is 9.84 Å². The zero-order valence-electron chi connectivity index (χ0n) is 15.3. The molecule has 0 fully saturated rings. The average molecular weight is 373 g/mol. The number of carboxylic acid groups (broad SMARTS) is 1. The lowest BCUT2D eigenvalue weighted by Crippen LogP contribution is -2.11. The van der Waals surface area contributed by atoms with E-state index in [1.807, 2.05) is 48.5 Å². The first-order valence-corrected chi connectivity index (χ1v) is 8.62. The van der Waals surface area contributed by atoms with Crippen LogP contribution < -0.4 is 10.1 Å². The van der Waals surface area contributed by atoms with Crippen molar-refractivity contribution < 1.29 is 19.4 Å². The summed E-state index contributed by atoms with van der Waals surface area (Å²) in [6, 6.07) is 21.8. The first-order valence-electron chi connectivity index (χ1n) is 8.62. The Balaban J connectivity index is 1.67. The number of rotatable bonds is 6. The van der Waals surface area contributed by atoms with Crippen LogP contribution in [0.1, 0.15) is 15.9 Å². The maximum Gasteiger partial charge on any atom is 0.337 e. The van der Waals surface area contributed by atoms with Crippen LogP contribution in [-0.4, -0.2) is 24.1 Å². The zero-order chi connectivity index (χ0) is 19.9. The first-order chi connectivity index (χ1) is 13.6. The number of aromatic carboxylic acids is 1. The van der Waals surface area contributed by atoms with Crippen molar-refractivity contribution >= 4 is 23.6 Å². The normalized spacial score (nSPS) is 10.6. The monoisotopic (exact) mass is 373 g/mol. The fourth-order valence-electron chi connectivity index (χ4n) is 2.70. The van der Waals surface area contributed by atoms with Gasteiger partial charge in [0, 0.05) is 6.08 Å². The van der Waals surface area contributed by atoms with Crippen molar-refractivity contribution in [3.05, 3.63) is 90.0 Å². The standard InChI is InChI=1S/C23H19NO4/c1-28-19-13-11-18(12-14-19)17-9-6-16(7-10-17)8-15-22(25)24-21-5-3-2-4-20(21)23(26)27/h2-15H,1H3,(H,24,25)(H,26,27)/b15-8+. The van der Waals surface area contributed by atoms with Crippen molar-refractivity contribution in [1.29, 1.82) is 0 Å². The van der Waals surface area contributed by atoms with Gasteiger partial charge in [0.05, 0.1) is 18.4 Å². The molecular formula is C23H19NO4. The molecule has 3 rings (SSSR count). The number of anilines is 1. The van der Waals surface area contributed by atoms with E-state index in [2.05, 4.69) is 5.32 Å². The van der Waals surface area contributed by atoms with Crippen LogP contribution in [0.3, 0.4) is 0 Å². The number of carbonyl (C=O) groups excluding carboxylic acids is 1. The molecule has 0 saturated heterocycles. The Morgan fingerprint density at radius 3 is 2.11 bits per heavy atom. The van der Waals surface area contributed by atoms with Crippen LogP contribution in [-0.2, 0) is 4.79 Å². The molecule has 140 valence electrons. The molecule has 2 N–H and O–H groups in total. The van der Waals surface area contributed by atoms with Gasteiger partial charge in [0.2, 0.25) is 5.91 Å². The van der Waals surface area contributed by atoms with Gasteiger partial charge in [-0.05, 0) is 47.0 Å². The molecule has 28 heavy (non-hydrogen) atoms. The van der Waals surface area contributed by atoms with Crippen LogP contribution >= 0.6 is 0 Å². The molecule has 5 nitrogen and oxygen atoms in total. The second-order valence-corrected chi connectivity index (χ2v) is 6.02. The number of benzene rings is 3. The number of amides is 1. The van der Waals surface area contributed by atoms with Crippen molar-refractivity contribution in [2.45, 2.75) is 0 Å². The Labute approximate surface area is 162 Å². The first kappa shape index (κ1) is 18.9. The van der Waals surface area contributed by atoms with Crippen LogP contribution in [0.2, 0.25) is 0 Å². The maximum atomic E-state index is 12.1. The summed E-state index contributed by atoms with van der Waals surface area (Å²) in [6.45, 7) is 0. The zero-order valence-corrected chi connectivity index (χ0v) is 15.3. The number of carboxylic acids is 1. The molecule has 3 aromatic rings. The SMILES string of the molecule is COc1ccc(-c2ccc(/C=C/C(=O)Nc3ccccc3C(=O)O)cc2)cc1. The molecular weight excluding hydrogens is 354 g/mol. The highest BCUT2D eigenvalue weighted by Crippen LogP contribution is 2.23. The summed E-state index contributed by atoms with van der Waals surface area (Å²) in [4.78, 5) is 23.3. The van der Waals surface area contributed by atoms with Gasteiger partial charge < -0.3 is 15.2 Å². The summed E-state index contributed by atoms with van der Waals surface area (Å²) in [5, 5.41) is 11.8. The molecule has 0 aliphatic rings. The minimum absolute atomic E-state index is 0.0492. The number of carbonyl (C=O) groups is 2. The Bertz CT molecular complexity index is 1010. The summed E-state index contributed by atoms with van der Waals surface area (Å²) in [5.41, 5.74) is 3.30. The van der Waals surface area contributed by atoms with Crippen LogP contribution in [0.15, 0.2) is 78.9 Å².